The minimum atomic E-state index is -0.408. The molecule has 1 aromatic rings. The van der Waals surface area contributed by atoms with E-state index in [1.807, 2.05) is 0 Å². The Balaban J connectivity index is 1.91. The molecule has 8 heteroatoms. The Morgan fingerprint density at radius 2 is 1.73 bits per heavy atom. The molecule has 0 saturated carbocycles. The van der Waals surface area contributed by atoms with Crippen LogP contribution in [0.15, 0.2) is 24.3 Å². The van der Waals surface area contributed by atoms with Gasteiger partial charge in [0.05, 0.1) is 6.61 Å². The standard InChI is InChI=1S/C18H24FN3O4/c1-3-26-18(25)21-10-8-20(9-11-21)17(24)13-22(14(2)23)12-15-6-4-5-7-16(15)19/h4-7H,3,8-13H2,1-2H3. The van der Waals surface area contributed by atoms with Gasteiger partial charge >= 0.3 is 6.09 Å². The summed E-state index contributed by atoms with van der Waals surface area (Å²) in [6.45, 7) is 4.85. The van der Waals surface area contributed by atoms with Crippen LogP contribution < -0.4 is 0 Å². The van der Waals surface area contributed by atoms with Crippen molar-refractivity contribution < 1.29 is 23.5 Å². The molecule has 1 fully saturated rings. The molecule has 0 aliphatic carbocycles. The maximum Gasteiger partial charge on any atom is 0.409 e. The summed E-state index contributed by atoms with van der Waals surface area (Å²) in [6, 6.07) is 6.18. The van der Waals surface area contributed by atoms with Crippen LogP contribution in [0.3, 0.4) is 0 Å². The van der Waals surface area contributed by atoms with Crippen molar-refractivity contribution in [2.24, 2.45) is 0 Å². The predicted molar refractivity (Wildman–Crippen MR) is 92.7 cm³/mol. The Bertz CT molecular complexity index is 660. The smallest absolute Gasteiger partial charge is 0.409 e. The predicted octanol–water partition coefficient (Wildman–Crippen LogP) is 1.47. The van der Waals surface area contributed by atoms with Gasteiger partial charge in [-0.3, -0.25) is 9.59 Å². The third-order valence-corrected chi connectivity index (χ3v) is 4.25. The quantitative estimate of drug-likeness (QED) is 0.792. The van der Waals surface area contributed by atoms with Crippen LogP contribution in [0, 0.1) is 5.82 Å². The van der Waals surface area contributed by atoms with E-state index in [0.29, 0.717) is 38.3 Å². The number of nitrogens with zero attached hydrogens (tertiary/aromatic N) is 3. The van der Waals surface area contributed by atoms with Crippen molar-refractivity contribution in [3.05, 3.63) is 35.6 Å². The van der Waals surface area contributed by atoms with E-state index in [0.717, 1.165) is 0 Å². The third kappa shape index (κ3) is 5.18. The summed E-state index contributed by atoms with van der Waals surface area (Å²) < 4.78 is 18.8. The van der Waals surface area contributed by atoms with Crippen molar-refractivity contribution in [3.8, 4) is 0 Å². The van der Waals surface area contributed by atoms with E-state index in [1.54, 1.807) is 34.9 Å². The first-order valence-corrected chi connectivity index (χ1v) is 8.60. The van der Waals surface area contributed by atoms with Crippen LogP contribution in [-0.2, 0) is 20.9 Å². The van der Waals surface area contributed by atoms with Gasteiger partial charge in [0.15, 0.2) is 0 Å². The van der Waals surface area contributed by atoms with Gasteiger partial charge < -0.3 is 19.4 Å². The van der Waals surface area contributed by atoms with Gasteiger partial charge in [-0.05, 0) is 13.0 Å². The summed E-state index contributed by atoms with van der Waals surface area (Å²) in [4.78, 5) is 40.5. The number of halogens is 1. The van der Waals surface area contributed by atoms with Gasteiger partial charge in [-0.2, -0.15) is 0 Å². The van der Waals surface area contributed by atoms with E-state index in [4.69, 9.17) is 4.74 Å². The lowest BCUT2D eigenvalue weighted by Crippen LogP contribution is -2.53. The van der Waals surface area contributed by atoms with Gasteiger partial charge in [0, 0.05) is 45.2 Å². The zero-order valence-corrected chi connectivity index (χ0v) is 15.1. The van der Waals surface area contributed by atoms with E-state index in [1.165, 1.54) is 17.9 Å². The zero-order valence-electron chi connectivity index (χ0n) is 15.1. The molecule has 1 aliphatic rings. The number of amides is 3. The van der Waals surface area contributed by atoms with Crippen LogP contribution in [0.1, 0.15) is 19.4 Å². The van der Waals surface area contributed by atoms with Crippen molar-refractivity contribution in [2.45, 2.75) is 20.4 Å². The van der Waals surface area contributed by atoms with Crippen LogP contribution in [0.2, 0.25) is 0 Å². The zero-order chi connectivity index (χ0) is 19.1. The summed E-state index contributed by atoms with van der Waals surface area (Å²) >= 11 is 0. The molecule has 1 aliphatic heterocycles. The molecular formula is C18H24FN3O4. The molecule has 0 unspecified atom stereocenters. The van der Waals surface area contributed by atoms with Gasteiger partial charge in [-0.15, -0.1) is 0 Å². The molecule has 1 saturated heterocycles. The number of hydrogen-bond donors (Lipinski definition) is 0. The van der Waals surface area contributed by atoms with Crippen molar-refractivity contribution in [3.63, 3.8) is 0 Å². The summed E-state index contributed by atoms with van der Waals surface area (Å²) in [5, 5.41) is 0. The fourth-order valence-electron chi connectivity index (χ4n) is 2.73. The van der Waals surface area contributed by atoms with E-state index >= 15 is 0 Å². The minimum absolute atomic E-state index is 0.0382. The minimum Gasteiger partial charge on any atom is -0.450 e. The van der Waals surface area contributed by atoms with Crippen molar-refractivity contribution in [1.82, 2.24) is 14.7 Å². The van der Waals surface area contributed by atoms with Gasteiger partial charge in [0.25, 0.3) is 0 Å². The lowest BCUT2D eigenvalue weighted by molar-refractivity contribution is -0.140. The lowest BCUT2D eigenvalue weighted by Gasteiger charge is -2.35. The Morgan fingerprint density at radius 3 is 2.31 bits per heavy atom. The van der Waals surface area contributed by atoms with Crippen LogP contribution in [0.25, 0.3) is 0 Å². The van der Waals surface area contributed by atoms with Crippen LogP contribution in [-0.4, -0.2) is 71.9 Å². The van der Waals surface area contributed by atoms with Crippen molar-refractivity contribution in [1.29, 1.82) is 0 Å². The Morgan fingerprint density at radius 1 is 1.12 bits per heavy atom. The Labute approximate surface area is 152 Å². The molecule has 0 atom stereocenters. The SMILES string of the molecule is CCOC(=O)N1CCN(C(=O)CN(Cc2ccccc2F)C(C)=O)CC1. The van der Waals surface area contributed by atoms with Gasteiger partial charge in [0.1, 0.15) is 12.4 Å². The summed E-state index contributed by atoms with van der Waals surface area (Å²) in [5.41, 5.74) is 0.364. The van der Waals surface area contributed by atoms with Crippen LogP contribution in [0.4, 0.5) is 9.18 Å². The Kier molecular flexibility index (Phi) is 6.94. The highest BCUT2D eigenvalue weighted by Crippen LogP contribution is 2.11. The maximum atomic E-state index is 13.8. The fraction of sp³-hybridized carbons (Fsp3) is 0.500. The van der Waals surface area contributed by atoms with E-state index in [-0.39, 0.29) is 31.0 Å². The van der Waals surface area contributed by atoms with Crippen LogP contribution >= 0.6 is 0 Å². The number of benzene rings is 1. The highest BCUT2D eigenvalue weighted by Gasteiger charge is 2.26. The number of hydrogen-bond acceptors (Lipinski definition) is 4. The van der Waals surface area contributed by atoms with Crippen LogP contribution in [0.5, 0.6) is 0 Å². The number of carbonyl (C=O) groups excluding carboxylic acids is 3. The largest absolute Gasteiger partial charge is 0.450 e. The molecule has 0 spiro atoms. The summed E-state index contributed by atoms with van der Waals surface area (Å²) in [6.07, 6.45) is -0.385. The third-order valence-electron chi connectivity index (χ3n) is 4.25. The molecule has 26 heavy (non-hydrogen) atoms. The maximum absolute atomic E-state index is 13.8. The topological polar surface area (TPSA) is 70.2 Å². The summed E-state index contributed by atoms with van der Waals surface area (Å²) in [5.74, 6) is -0.930. The van der Waals surface area contributed by atoms with E-state index in [2.05, 4.69) is 0 Å². The summed E-state index contributed by atoms with van der Waals surface area (Å²) in [7, 11) is 0. The second kappa shape index (κ2) is 9.17. The van der Waals surface area contributed by atoms with E-state index < -0.39 is 5.82 Å². The molecular weight excluding hydrogens is 341 g/mol. The Hall–Kier alpha value is -2.64. The molecule has 3 amide bonds. The van der Waals surface area contributed by atoms with Crippen molar-refractivity contribution >= 4 is 17.9 Å². The molecule has 142 valence electrons. The molecule has 0 N–H and O–H groups in total. The number of piperazine rings is 1. The molecule has 2 rings (SSSR count). The second-order valence-electron chi connectivity index (χ2n) is 6.03. The van der Waals surface area contributed by atoms with E-state index in [9.17, 15) is 18.8 Å². The van der Waals surface area contributed by atoms with Gasteiger partial charge in [-0.1, -0.05) is 18.2 Å². The first kappa shape index (κ1) is 19.7. The molecule has 0 radical (unpaired) electrons. The number of rotatable bonds is 5. The molecule has 0 aromatic heterocycles. The first-order valence-electron chi connectivity index (χ1n) is 8.60. The van der Waals surface area contributed by atoms with Gasteiger partial charge in [-0.25, -0.2) is 9.18 Å². The number of ether oxygens (including phenoxy) is 1. The highest BCUT2D eigenvalue weighted by molar-refractivity contribution is 5.84. The monoisotopic (exact) mass is 365 g/mol. The fourth-order valence-corrected chi connectivity index (χ4v) is 2.73. The van der Waals surface area contributed by atoms with Crippen molar-refractivity contribution in [2.75, 3.05) is 39.3 Å². The molecule has 1 heterocycles. The average Bonchev–Trinajstić information content (AvgIpc) is 2.63. The highest BCUT2D eigenvalue weighted by atomic mass is 19.1. The number of carbonyl (C=O) groups is 3. The molecule has 1 aromatic carbocycles. The lowest BCUT2D eigenvalue weighted by atomic mass is 10.2. The molecule has 0 bridgehead atoms. The molecule has 7 nitrogen and oxygen atoms in total. The average molecular weight is 365 g/mol. The normalized spacial score (nSPS) is 14.1. The second-order valence-corrected chi connectivity index (χ2v) is 6.03. The van der Waals surface area contributed by atoms with Gasteiger partial charge in [0.2, 0.25) is 11.8 Å². The first-order chi connectivity index (χ1) is 12.4.